The van der Waals surface area contributed by atoms with Crippen LogP contribution in [0.2, 0.25) is 10.0 Å². The van der Waals surface area contributed by atoms with Crippen molar-refractivity contribution in [3.63, 3.8) is 0 Å². The zero-order valence-electron chi connectivity index (χ0n) is 14.7. The van der Waals surface area contributed by atoms with E-state index in [1.54, 1.807) is 30.3 Å². The Kier molecular flexibility index (Phi) is 6.79. The van der Waals surface area contributed by atoms with Crippen LogP contribution in [0, 0.1) is 0 Å². The zero-order chi connectivity index (χ0) is 21.1. The van der Waals surface area contributed by atoms with Gasteiger partial charge in [-0.3, -0.25) is 14.5 Å². The van der Waals surface area contributed by atoms with E-state index in [9.17, 15) is 14.4 Å². The Hall–Kier alpha value is -2.13. The van der Waals surface area contributed by atoms with E-state index in [0.717, 1.165) is 22.7 Å². The third-order valence-electron chi connectivity index (χ3n) is 3.71. The van der Waals surface area contributed by atoms with Crippen LogP contribution in [0.15, 0.2) is 62.9 Å². The number of carbonyl (C=O) groups excluding carboxylic acids is 3. The number of benzene rings is 2. The van der Waals surface area contributed by atoms with Gasteiger partial charge in [-0.15, -0.1) is 0 Å². The first kappa shape index (κ1) is 21.6. The molecular weight excluding hydrogens is 503 g/mol. The summed E-state index contributed by atoms with van der Waals surface area (Å²) in [6, 6.07) is 11.3. The van der Waals surface area contributed by atoms with Gasteiger partial charge in [0.05, 0.1) is 28.3 Å². The molecular formula is C19H11BrCl2N2O4S. The molecule has 0 unspecified atom stereocenters. The fourth-order valence-corrected chi connectivity index (χ4v) is 4.25. The molecule has 2 aromatic carbocycles. The van der Waals surface area contributed by atoms with Crippen molar-refractivity contribution >= 4 is 79.5 Å². The first-order valence-corrected chi connectivity index (χ1v) is 10.3. The molecule has 0 aromatic heterocycles. The minimum absolute atomic E-state index is 0.0431. The molecule has 2 amide bonds. The second-order valence-electron chi connectivity index (χ2n) is 5.55. The van der Waals surface area contributed by atoms with Crippen LogP contribution in [0.5, 0.6) is 0 Å². The predicted molar refractivity (Wildman–Crippen MR) is 118 cm³/mol. The van der Waals surface area contributed by atoms with Crippen LogP contribution in [-0.4, -0.2) is 30.1 Å². The van der Waals surface area contributed by atoms with Crippen molar-refractivity contribution in [2.45, 2.75) is 0 Å². The number of rotatable bonds is 3. The molecule has 0 radical (unpaired) electrons. The fourth-order valence-electron chi connectivity index (χ4n) is 2.37. The topological polar surface area (TPSA) is 76.0 Å². The van der Waals surface area contributed by atoms with E-state index in [-0.39, 0.29) is 20.8 Å². The van der Waals surface area contributed by atoms with E-state index in [0.29, 0.717) is 15.1 Å². The van der Waals surface area contributed by atoms with Crippen LogP contribution >= 0.6 is 50.9 Å². The van der Waals surface area contributed by atoms with Crippen molar-refractivity contribution in [1.29, 1.82) is 0 Å². The number of amides is 2. The lowest BCUT2D eigenvalue weighted by Gasteiger charge is -2.17. The maximum absolute atomic E-state index is 12.9. The summed E-state index contributed by atoms with van der Waals surface area (Å²) in [6.07, 6.45) is 1.04. The van der Waals surface area contributed by atoms with Gasteiger partial charge >= 0.3 is 5.97 Å². The highest BCUT2D eigenvalue weighted by molar-refractivity contribution is 9.10. The SMILES string of the molecule is COC(=O)/C=C1/SC(=NC(=O)c2ccccc2Br)N(c2ccc(Cl)cc2Cl)C1=O. The smallest absolute Gasteiger partial charge is 0.331 e. The number of carbonyl (C=O) groups is 3. The molecule has 2 aromatic rings. The summed E-state index contributed by atoms with van der Waals surface area (Å²) in [6.45, 7) is 0. The van der Waals surface area contributed by atoms with Gasteiger partial charge in [-0.2, -0.15) is 4.99 Å². The van der Waals surface area contributed by atoms with E-state index in [1.165, 1.54) is 19.2 Å². The molecule has 1 aliphatic heterocycles. The summed E-state index contributed by atoms with van der Waals surface area (Å²) >= 11 is 16.4. The zero-order valence-corrected chi connectivity index (χ0v) is 18.6. The Labute approximate surface area is 188 Å². The number of amidine groups is 1. The number of aliphatic imine (C=N–C) groups is 1. The van der Waals surface area contributed by atoms with Crippen LogP contribution in [0.3, 0.4) is 0 Å². The summed E-state index contributed by atoms with van der Waals surface area (Å²) < 4.78 is 5.15. The molecule has 0 N–H and O–H groups in total. The van der Waals surface area contributed by atoms with E-state index < -0.39 is 17.8 Å². The monoisotopic (exact) mass is 512 g/mol. The van der Waals surface area contributed by atoms with Crippen LogP contribution in [0.4, 0.5) is 5.69 Å². The molecule has 0 atom stereocenters. The quantitative estimate of drug-likeness (QED) is 0.422. The molecule has 0 spiro atoms. The average Bonchev–Trinajstić information content (AvgIpc) is 2.97. The number of nitrogens with zero attached hydrogens (tertiary/aromatic N) is 2. The molecule has 3 rings (SSSR count). The van der Waals surface area contributed by atoms with E-state index >= 15 is 0 Å². The Bertz CT molecular complexity index is 1090. The van der Waals surface area contributed by atoms with Gasteiger partial charge in [0.1, 0.15) is 0 Å². The van der Waals surface area contributed by atoms with Gasteiger partial charge in [0.2, 0.25) is 0 Å². The Morgan fingerprint density at radius 2 is 1.93 bits per heavy atom. The molecule has 148 valence electrons. The second kappa shape index (κ2) is 9.13. The molecule has 1 aliphatic rings. The molecule has 29 heavy (non-hydrogen) atoms. The third-order valence-corrected chi connectivity index (χ3v) is 5.91. The van der Waals surface area contributed by atoms with Crippen molar-refractivity contribution in [1.82, 2.24) is 0 Å². The van der Waals surface area contributed by atoms with Gasteiger partial charge in [0, 0.05) is 15.6 Å². The number of hydrogen-bond donors (Lipinski definition) is 0. The van der Waals surface area contributed by atoms with Crippen molar-refractivity contribution in [3.05, 3.63) is 73.5 Å². The number of hydrogen-bond acceptors (Lipinski definition) is 5. The summed E-state index contributed by atoms with van der Waals surface area (Å²) in [4.78, 5) is 42.5. The lowest BCUT2D eigenvalue weighted by Crippen LogP contribution is -2.30. The molecule has 1 heterocycles. The van der Waals surface area contributed by atoms with E-state index in [2.05, 4.69) is 25.7 Å². The lowest BCUT2D eigenvalue weighted by atomic mass is 10.2. The maximum atomic E-state index is 12.9. The first-order chi connectivity index (χ1) is 13.8. The third kappa shape index (κ3) is 4.72. The largest absolute Gasteiger partial charge is 0.466 e. The Morgan fingerprint density at radius 3 is 2.59 bits per heavy atom. The molecule has 0 aliphatic carbocycles. The van der Waals surface area contributed by atoms with Gasteiger partial charge < -0.3 is 4.74 Å². The molecule has 1 saturated heterocycles. The highest BCUT2D eigenvalue weighted by Crippen LogP contribution is 2.39. The van der Waals surface area contributed by atoms with Crippen molar-refractivity contribution in [2.75, 3.05) is 12.0 Å². The standard InChI is InChI=1S/C19H11BrCl2N2O4S/c1-28-16(25)9-15-18(27)24(14-7-6-10(21)8-13(14)22)19(29-15)23-17(26)11-4-2-3-5-12(11)20/h2-9H,1H3/b15-9+,23-19?. The van der Waals surface area contributed by atoms with Crippen LogP contribution < -0.4 is 4.90 Å². The van der Waals surface area contributed by atoms with Crippen molar-refractivity contribution < 1.29 is 19.1 Å². The van der Waals surface area contributed by atoms with Crippen LogP contribution in [-0.2, 0) is 14.3 Å². The minimum atomic E-state index is -0.707. The van der Waals surface area contributed by atoms with E-state index in [1.807, 2.05) is 0 Å². The number of halogens is 3. The molecule has 0 saturated carbocycles. The fraction of sp³-hybridized carbons (Fsp3) is 0.0526. The number of methoxy groups -OCH3 is 1. The summed E-state index contributed by atoms with van der Waals surface area (Å²) in [5.41, 5.74) is 0.598. The van der Waals surface area contributed by atoms with Crippen LogP contribution in [0.1, 0.15) is 10.4 Å². The van der Waals surface area contributed by atoms with Gasteiger partial charge in [0.25, 0.3) is 11.8 Å². The lowest BCUT2D eigenvalue weighted by molar-refractivity contribution is -0.135. The van der Waals surface area contributed by atoms with Crippen molar-refractivity contribution in [2.24, 2.45) is 4.99 Å². The molecule has 6 nitrogen and oxygen atoms in total. The highest BCUT2D eigenvalue weighted by atomic mass is 79.9. The second-order valence-corrected chi connectivity index (χ2v) is 8.26. The normalized spacial score (nSPS) is 16.6. The summed E-state index contributed by atoms with van der Waals surface area (Å²) in [5, 5.41) is 0.619. The van der Waals surface area contributed by atoms with Gasteiger partial charge in [-0.25, -0.2) is 4.79 Å². The predicted octanol–water partition coefficient (Wildman–Crippen LogP) is 5.09. The summed E-state index contributed by atoms with van der Waals surface area (Å²) in [5.74, 6) is -1.84. The average molecular weight is 514 g/mol. The van der Waals surface area contributed by atoms with Gasteiger partial charge in [0.15, 0.2) is 5.17 Å². The molecule has 10 heteroatoms. The summed E-state index contributed by atoms with van der Waals surface area (Å²) in [7, 11) is 1.20. The Morgan fingerprint density at radius 1 is 1.21 bits per heavy atom. The van der Waals surface area contributed by atoms with Gasteiger partial charge in [-0.05, 0) is 58.0 Å². The number of ether oxygens (including phenoxy) is 1. The first-order valence-electron chi connectivity index (χ1n) is 7.96. The highest BCUT2D eigenvalue weighted by Gasteiger charge is 2.37. The minimum Gasteiger partial charge on any atom is -0.466 e. The van der Waals surface area contributed by atoms with E-state index in [4.69, 9.17) is 23.2 Å². The number of esters is 1. The molecule has 1 fully saturated rings. The van der Waals surface area contributed by atoms with Crippen LogP contribution in [0.25, 0.3) is 0 Å². The number of thioether (sulfide) groups is 1. The van der Waals surface area contributed by atoms with Crippen molar-refractivity contribution in [3.8, 4) is 0 Å². The maximum Gasteiger partial charge on any atom is 0.331 e. The van der Waals surface area contributed by atoms with Gasteiger partial charge in [-0.1, -0.05) is 35.3 Å². The molecule has 0 bridgehead atoms. The number of anilines is 1. The Balaban J connectivity index is 2.09.